The van der Waals surface area contributed by atoms with Gasteiger partial charge in [-0.2, -0.15) is 0 Å². The number of hydrogen-bond donors (Lipinski definition) is 2. The summed E-state index contributed by atoms with van der Waals surface area (Å²) in [4.78, 5) is 15.5. The quantitative estimate of drug-likeness (QED) is 0.796. The molecule has 156 valence electrons. The molecule has 1 atom stereocenters. The Bertz CT molecular complexity index is 972. The largest absolute Gasteiger partial charge is 0.507 e. The Balaban J connectivity index is 1.71. The maximum atomic E-state index is 13.2. The van der Waals surface area contributed by atoms with Crippen molar-refractivity contribution in [1.82, 2.24) is 19.7 Å². The number of likely N-dealkylation sites (tertiary alicyclic amines) is 1. The molecule has 0 amide bonds. The first kappa shape index (κ1) is 19.7. The van der Waals surface area contributed by atoms with E-state index in [-0.39, 0.29) is 23.2 Å². The second-order valence-corrected chi connectivity index (χ2v) is 7.79. The number of aromatic nitrogens is 3. The van der Waals surface area contributed by atoms with Crippen LogP contribution < -0.4 is 15.6 Å². The number of aryl methyl sites for hydroxylation is 1. The zero-order valence-electron chi connectivity index (χ0n) is 17.4. The lowest BCUT2D eigenvalue weighted by Crippen LogP contribution is -2.43. The molecule has 0 radical (unpaired) electrons. The molecule has 2 N–H and O–H groups in total. The highest BCUT2D eigenvalue weighted by Crippen LogP contribution is 2.42. The molecule has 0 aliphatic carbocycles. The number of hydrogen-bond acceptors (Lipinski definition) is 7. The van der Waals surface area contributed by atoms with Gasteiger partial charge in [0.15, 0.2) is 5.82 Å². The number of piperidine rings is 1. The first-order valence-corrected chi connectivity index (χ1v) is 10.5. The van der Waals surface area contributed by atoms with E-state index in [1.807, 2.05) is 19.9 Å². The normalized spacial score (nSPS) is 19.1. The van der Waals surface area contributed by atoms with Crippen molar-refractivity contribution in [3.05, 3.63) is 27.5 Å². The molecular weight excluding hydrogens is 370 g/mol. The first-order valence-electron chi connectivity index (χ1n) is 10.5. The van der Waals surface area contributed by atoms with Crippen molar-refractivity contribution in [2.24, 2.45) is 0 Å². The highest BCUT2D eigenvalue weighted by atomic mass is 16.5. The van der Waals surface area contributed by atoms with Crippen LogP contribution in [0.2, 0.25) is 0 Å². The SMILES string of the molecule is CCN1CCC[C@@H](Nc2nnc(-c3c(C)cc4c(c3O)CCO4)n(CC)c2=O)C1. The predicted molar refractivity (Wildman–Crippen MR) is 112 cm³/mol. The Morgan fingerprint density at radius 3 is 2.90 bits per heavy atom. The molecule has 29 heavy (non-hydrogen) atoms. The number of nitrogens with one attached hydrogen (secondary N) is 1. The molecule has 2 aromatic rings. The second kappa shape index (κ2) is 8.02. The highest BCUT2D eigenvalue weighted by Gasteiger charge is 2.26. The summed E-state index contributed by atoms with van der Waals surface area (Å²) < 4.78 is 7.16. The van der Waals surface area contributed by atoms with Crippen molar-refractivity contribution < 1.29 is 9.84 Å². The lowest BCUT2D eigenvalue weighted by Gasteiger charge is -2.32. The molecule has 1 aromatic heterocycles. The summed E-state index contributed by atoms with van der Waals surface area (Å²) in [6.45, 7) is 9.93. The van der Waals surface area contributed by atoms with Crippen molar-refractivity contribution in [2.75, 3.05) is 31.6 Å². The van der Waals surface area contributed by atoms with Gasteiger partial charge in [-0.05, 0) is 51.4 Å². The number of aromatic hydroxyl groups is 1. The molecule has 2 aliphatic heterocycles. The monoisotopic (exact) mass is 399 g/mol. The fraction of sp³-hybridized carbons (Fsp3) is 0.571. The predicted octanol–water partition coefficient (Wildman–Crippen LogP) is 2.17. The summed E-state index contributed by atoms with van der Waals surface area (Å²) in [5.41, 5.74) is 1.93. The summed E-state index contributed by atoms with van der Waals surface area (Å²) >= 11 is 0. The zero-order chi connectivity index (χ0) is 20.5. The number of phenolic OH excluding ortho intramolecular Hbond substituents is 1. The van der Waals surface area contributed by atoms with Crippen LogP contribution >= 0.6 is 0 Å². The number of likely N-dealkylation sites (N-methyl/N-ethyl adjacent to an activating group) is 1. The molecule has 2 aliphatic rings. The number of rotatable bonds is 5. The zero-order valence-corrected chi connectivity index (χ0v) is 17.4. The summed E-state index contributed by atoms with van der Waals surface area (Å²) in [5.74, 6) is 1.52. The van der Waals surface area contributed by atoms with E-state index >= 15 is 0 Å². The van der Waals surface area contributed by atoms with Crippen molar-refractivity contribution in [3.63, 3.8) is 0 Å². The molecule has 4 rings (SSSR count). The summed E-state index contributed by atoms with van der Waals surface area (Å²) in [6.07, 6.45) is 2.76. The Labute approximate surface area is 170 Å². The van der Waals surface area contributed by atoms with Crippen LogP contribution in [0.15, 0.2) is 10.9 Å². The Kier molecular flexibility index (Phi) is 5.45. The van der Waals surface area contributed by atoms with Crippen LogP contribution in [0.25, 0.3) is 11.4 Å². The van der Waals surface area contributed by atoms with Gasteiger partial charge in [0.25, 0.3) is 5.56 Å². The molecule has 3 heterocycles. The topological polar surface area (TPSA) is 92.5 Å². The standard InChI is InChI=1S/C21H29N5O3/c1-4-25-9-6-7-14(12-25)22-19-21(28)26(5-2)20(24-23-19)17-13(3)11-16-15(18(17)27)8-10-29-16/h11,14,27H,4-10,12H2,1-3H3,(H,22,23)/t14-/m1/s1. The third kappa shape index (κ3) is 3.57. The van der Waals surface area contributed by atoms with Gasteiger partial charge in [-0.3, -0.25) is 9.36 Å². The average molecular weight is 399 g/mol. The van der Waals surface area contributed by atoms with Crippen LogP contribution in [0.1, 0.15) is 37.8 Å². The number of ether oxygens (including phenoxy) is 1. The van der Waals surface area contributed by atoms with E-state index < -0.39 is 0 Å². The third-order valence-corrected chi connectivity index (χ3v) is 5.95. The van der Waals surface area contributed by atoms with Gasteiger partial charge in [-0.1, -0.05) is 6.92 Å². The van der Waals surface area contributed by atoms with Crippen LogP contribution in [-0.2, 0) is 13.0 Å². The molecular formula is C21H29N5O3. The minimum atomic E-state index is -0.207. The van der Waals surface area contributed by atoms with Crippen molar-refractivity contribution in [3.8, 4) is 22.9 Å². The number of phenols is 1. The molecule has 1 saturated heterocycles. The number of benzene rings is 1. The van der Waals surface area contributed by atoms with Crippen LogP contribution in [0.4, 0.5) is 5.82 Å². The smallest absolute Gasteiger partial charge is 0.296 e. The Morgan fingerprint density at radius 2 is 2.14 bits per heavy atom. The van der Waals surface area contributed by atoms with Crippen molar-refractivity contribution in [2.45, 2.75) is 52.6 Å². The van der Waals surface area contributed by atoms with E-state index in [9.17, 15) is 9.90 Å². The van der Waals surface area contributed by atoms with Crippen LogP contribution in [0.3, 0.4) is 0 Å². The van der Waals surface area contributed by atoms with Gasteiger partial charge in [0.2, 0.25) is 5.82 Å². The molecule has 1 fully saturated rings. The molecule has 0 spiro atoms. The van der Waals surface area contributed by atoms with Gasteiger partial charge in [0.1, 0.15) is 11.5 Å². The van der Waals surface area contributed by atoms with E-state index in [2.05, 4.69) is 27.3 Å². The number of fused-ring (bicyclic) bond motifs is 1. The van der Waals surface area contributed by atoms with Gasteiger partial charge >= 0.3 is 0 Å². The van der Waals surface area contributed by atoms with E-state index in [0.717, 1.165) is 43.6 Å². The van der Waals surface area contributed by atoms with Crippen LogP contribution in [0.5, 0.6) is 11.5 Å². The van der Waals surface area contributed by atoms with Crippen molar-refractivity contribution >= 4 is 5.82 Å². The van der Waals surface area contributed by atoms with Gasteiger partial charge in [-0.25, -0.2) is 0 Å². The minimum absolute atomic E-state index is 0.139. The second-order valence-electron chi connectivity index (χ2n) is 7.79. The fourth-order valence-corrected chi connectivity index (χ4v) is 4.37. The summed E-state index contributed by atoms with van der Waals surface area (Å²) in [6, 6.07) is 2.09. The first-order chi connectivity index (χ1) is 14.0. The summed E-state index contributed by atoms with van der Waals surface area (Å²) in [5, 5.41) is 22.8. The summed E-state index contributed by atoms with van der Waals surface area (Å²) in [7, 11) is 0. The molecule has 0 bridgehead atoms. The van der Waals surface area contributed by atoms with Gasteiger partial charge in [0.05, 0.1) is 12.2 Å². The third-order valence-electron chi connectivity index (χ3n) is 5.95. The molecule has 8 heteroatoms. The number of anilines is 1. The lowest BCUT2D eigenvalue weighted by molar-refractivity contribution is 0.226. The number of nitrogens with zero attached hydrogens (tertiary/aromatic N) is 4. The highest BCUT2D eigenvalue weighted by molar-refractivity contribution is 5.73. The van der Waals surface area contributed by atoms with E-state index in [0.29, 0.717) is 36.7 Å². The van der Waals surface area contributed by atoms with Crippen LogP contribution in [0, 0.1) is 6.92 Å². The maximum Gasteiger partial charge on any atom is 0.296 e. The molecule has 8 nitrogen and oxygen atoms in total. The van der Waals surface area contributed by atoms with E-state index in [1.54, 1.807) is 4.57 Å². The molecule has 1 aromatic carbocycles. The van der Waals surface area contributed by atoms with E-state index in [1.165, 1.54) is 0 Å². The van der Waals surface area contributed by atoms with E-state index in [4.69, 9.17) is 4.74 Å². The molecule has 0 saturated carbocycles. The van der Waals surface area contributed by atoms with Gasteiger partial charge in [-0.15, -0.1) is 10.2 Å². The lowest BCUT2D eigenvalue weighted by atomic mass is 10.0. The average Bonchev–Trinajstić information content (AvgIpc) is 3.19. The van der Waals surface area contributed by atoms with Gasteiger partial charge < -0.3 is 20.1 Å². The Hall–Kier alpha value is -2.61. The van der Waals surface area contributed by atoms with Gasteiger partial charge in [0, 0.05) is 31.1 Å². The Morgan fingerprint density at radius 1 is 1.31 bits per heavy atom. The van der Waals surface area contributed by atoms with Crippen molar-refractivity contribution in [1.29, 1.82) is 0 Å². The minimum Gasteiger partial charge on any atom is -0.507 e. The maximum absolute atomic E-state index is 13.2. The van der Waals surface area contributed by atoms with Crippen LogP contribution in [-0.4, -0.2) is 57.1 Å². The molecule has 0 unspecified atom stereocenters. The fourth-order valence-electron chi connectivity index (χ4n) is 4.37.